The summed E-state index contributed by atoms with van der Waals surface area (Å²) in [6.45, 7) is 0. The molecule has 2 heterocycles. The van der Waals surface area contributed by atoms with E-state index in [4.69, 9.17) is 4.65 Å². The number of nitrogens with zero attached hydrogens (tertiary/aromatic N) is 1. The first-order valence-corrected chi connectivity index (χ1v) is 6.55. The van der Waals surface area contributed by atoms with Gasteiger partial charge in [0.1, 0.15) is 11.1 Å². The van der Waals surface area contributed by atoms with Crippen LogP contribution in [0.15, 0.2) is 53.4 Å². The second-order valence-electron chi connectivity index (χ2n) is 4.22. The van der Waals surface area contributed by atoms with Crippen molar-refractivity contribution in [2.75, 3.05) is 4.81 Å². The van der Waals surface area contributed by atoms with Crippen LogP contribution in [0, 0.1) is 0 Å². The summed E-state index contributed by atoms with van der Waals surface area (Å²) in [6, 6.07) is 16.8. The van der Waals surface area contributed by atoms with Gasteiger partial charge in [-0.1, -0.05) is 42.1 Å². The van der Waals surface area contributed by atoms with Crippen molar-refractivity contribution in [1.29, 1.82) is 0 Å². The van der Waals surface area contributed by atoms with Gasteiger partial charge in [0.15, 0.2) is 0 Å². The van der Waals surface area contributed by atoms with Crippen LogP contribution in [0.4, 0.5) is 5.69 Å². The lowest BCUT2D eigenvalue weighted by Gasteiger charge is -2.32. The number of benzene rings is 2. The highest BCUT2D eigenvalue weighted by molar-refractivity contribution is 8.00. The number of para-hydroxylation sites is 2. The van der Waals surface area contributed by atoms with Gasteiger partial charge in [-0.15, -0.1) is 0 Å². The second kappa shape index (κ2) is 3.47. The Morgan fingerprint density at radius 3 is 2.88 bits per heavy atom. The number of thioether (sulfide) groups is 1. The molecule has 2 aliphatic heterocycles. The molecule has 0 bridgehead atoms. The van der Waals surface area contributed by atoms with E-state index in [1.165, 1.54) is 16.1 Å². The third kappa shape index (κ3) is 1.30. The Balaban J connectivity index is 1.85. The molecule has 0 saturated heterocycles. The molecular formula is C13H10BNOS. The van der Waals surface area contributed by atoms with Crippen molar-refractivity contribution in [3.8, 4) is 5.75 Å². The fourth-order valence-electron chi connectivity index (χ4n) is 2.43. The Kier molecular flexibility index (Phi) is 1.94. The maximum absolute atomic E-state index is 5.81. The smallest absolute Gasteiger partial charge is 0.465 e. The Morgan fingerprint density at radius 2 is 1.88 bits per heavy atom. The summed E-state index contributed by atoms with van der Waals surface area (Å²) >= 11 is 1.91. The molecule has 82 valence electrons. The van der Waals surface area contributed by atoms with Crippen molar-refractivity contribution in [2.24, 2.45) is 0 Å². The van der Waals surface area contributed by atoms with Crippen LogP contribution in [0.5, 0.6) is 5.75 Å². The van der Waals surface area contributed by atoms with Crippen molar-refractivity contribution in [1.82, 2.24) is 0 Å². The molecule has 2 aromatic rings. The molecule has 0 saturated carbocycles. The topological polar surface area (TPSA) is 12.5 Å². The summed E-state index contributed by atoms with van der Waals surface area (Å²) in [5.74, 6) is 1.02. The Morgan fingerprint density at radius 1 is 1.06 bits per heavy atom. The molecule has 0 aliphatic carbocycles. The largest absolute Gasteiger partial charge is 0.544 e. The van der Waals surface area contributed by atoms with E-state index in [9.17, 15) is 0 Å². The minimum absolute atomic E-state index is 0.373. The van der Waals surface area contributed by atoms with E-state index in [0.717, 1.165) is 5.75 Å². The van der Waals surface area contributed by atoms with Crippen molar-refractivity contribution in [2.45, 2.75) is 10.3 Å². The first-order chi connectivity index (χ1) is 8.43. The van der Waals surface area contributed by atoms with Gasteiger partial charge in [-0.25, -0.2) is 0 Å². The zero-order valence-corrected chi connectivity index (χ0v) is 9.98. The molecule has 1 atom stereocenters. The number of anilines is 1. The van der Waals surface area contributed by atoms with E-state index in [-0.39, 0.29) is 0 Å². The summed E-state index contributed by atoms with van der Waals surface area (Å²) in [7, 11) is 0.645. The summed E-state index contributed by atoms with van der Waals surface area (Å²) in [5.41, 5.74) is 2.57. The van der Waals surface area contributed by atoms with Crippen LogP contribution in [-0.2, 0) is 0 Å². The van der Waals surface area contributed by atoms with E-state index in [1.807, 2.05) is 17.8 Å². The van der Waals surface area contributed by atoms with Crippen LogP contribution in [0.1, 0.15) is 10.9 Å². The quantitative estimate of drug-likeness (QED) is 0.656. The van der Waals surface area contributed by atoms with Crippen LogP contribution < -0.4 is 9.47 Å². The van der Waals surface area contributed by atoms with Crippen molar-refractivity contribution >= 4 is 25.1 Å². The number of fused-ring (bicyclic) bond motifs is 5. The SMILES string of the molecule is B1Oc2ccccc2C2Sc3ccccc3N12. The second-order valence-corrected chi connectivity index (χ2v) is 5.34. The highest BCUT2D eigenvalue weighted by Crippen LogP contribution is 2.53. The molecule has 17 heavy (non-hydrogen) atoms. The zero-order valence-electron chi connectivity index (χ0n) is 9.17. The molecule has 2 nitrogen and oxygen atoms in total. The third-order valence-electron chi connectivity index (χ3n) is 3.24. The lowest BCUT2D eigenvalue weighted by atomic mass is 10.0. The van der Waals surface area contributed by atoms with Gasteiger partial charge in [0.25, 0.3) is 0 Å². The Labute approximate surface area is 105 Å². The summed E-state index contributed by atoms with van der Waals surface area (Å²) < 4.78 is 5.81. The van der Waals surface area contributed by atoms with Crippen LogP contribution >= 0.6 is 11.8 Å². The maximum Gasteiger partial charge on any atom is 0.465 e. The number of rotatable bonds is 0. The highest BCUT2D eigenvalue weighted by atomic mass is 32.2. The molecule has 0 radical (unpaired) electrons. The normalized spacial score (nSPS) is 19.8. The number of hydrogen-bond acceptors (Lipinski definition) is 3. The van der Waals surface area contributed by atoms with Crippen LogP contribution in [0.2, 0.25) is 0 Å². The lowest BCUT2D eigenvalue weighted by Crippen LogP contribution is -2.35. The van der Waals surface area contributed by atoms with Gasteiger partial charge in [0.2, 0.25) is 0 Å². The molecule has 2 aromatic carbocycles. The van der Waals surface area contributed by atoms with Gasteiger partial charge in [-0.05, 0) is 18.2 Å². The summed E-state index contributed by atoms with van der Waals surface area (Å²) in [6.07, 6.45) is 0. The van der Waals surface area contributed by atoms with E-state index in [1.54, 1.807) is 0 Å². The molecule has 0 spiro atoms. The van der Waals surface area contributed by atoms with Gasteiger partial charge in [0.05, 0.1) is 0 Å². The van der Waals surface area contributed by atoms with E-state index in [2.05, 4.69) is 47.3 Å². The van der Waals surface area contributed by atoms with Gasteiger partial charge in [-0.2, -0.15) is 0 Å². The fraction of sp³-hybridized carbons (Fsp3) is 0.0769. The monoisotopic (exact) mass is 239 g/mol. The highest BCUT2D eigenvalue weighted by Gasteiger charge is 2.36. The standard InChI is InChI=1S/C13H10BNOS/c1-3-7-11-9(5-1)13-15(14-16-11)10-6-2-4-8-12(10)17-13/h1-8,13-14H. The van der Waals surface area contributed by atoms with E-state index < -0.39 is 0 Å². The third-order valence-corrected chi connectivity index (χ3v) is 4.57. The predicted octanol–water partition coefficient (Wildman–Crippen LogP) is 2.96. The molecule has 1 unspecified atom stereocenters. The van der Waals surface area contributed by atoms with E-state index in [0.29, 0.717) is 13.0 Å². The maximum atomic E-state index is 5.81. The van der Waals surface area contributed by atoms with Gasteiger partial charge in [-0.3, -0.25) is 0 Å². The summed E-state index contributed by atoms with van der Waals surface area (Å²) in [4.78, 5) is 3.67. The average Bonchev–Trinajstić information content (AvgIpc) is 2.78. The van der Waals surface area contributed by atoms with Crippen LogP contribution in [-0.4, -0.2) is 7.62 Å². The van der Waals surface area contributed by atoms with Crippen LogP contribution in [0.25, 0.3) is 0 Å². The first-order valence-electron chi connectivity index (χ1n) is 5.67. The molecule has 4 heteroatoms. The lowest BCUT2D eigenvalue weighted by molar-refractivity contribution is 0.556. The van der Waals surface area contributed by atoms with Crippen molar-refractivity contribution in [3.63, 3.8) is 0 Å². The average molecular weight is 239 g/mol. The predicted molar refractivity (Wildman–Crippen MR) is 71.7 cm³/mol. The molecule has 0 amide bonds. The van der Waals surface area contributed by atoms with Gasteiger partial charge in [0, 0.05) is 16.1 Å². The molecule has 0 aromatic heterocycles. The fourth-order valence-corrected chi connectivity index (χ4v) is 3.76. The summed E-state index contributed by atoms with van der Waals surface area (Å²) in [5, 5.41) is 0.373. The molecule has 0 fully saturated rings. The Bertz CT molecular complexity index is 589. The molecule has 0 N–H and O–H groups in total. The number of hydrogen-bond donors (Lipinski definition) is 0. The van der Waals surface area contributed by atoms with Crippen molar-refractivity contribution in [3.05, 3.63) is 54.1 Å². The zero-order chi connectivity index (χ0) is 11.2. The Hall–Kier alpha value is -1.55. The van der Waals surface area contributed by atoms with E-state index >= 15 is 0 Å². The van der Waals surface area contributed by atoms with Crippen molar-refractivity contribution < 1.29 is 4.65 Å². The molecular weight excluding hydrogens is 229 g/mol. The molecule has 2 aliphatic rings. The first kappa shape index (κ1) is 9.48. The molecule has 4 rings (SSSR count). The van der Waals surface area contributed by atoms with Crippen LogP contribution in [0.3, 0.4) is 0 Å². The van der Waals surface area contributed by atoms with Gasteiger partial charge >= 0.3 is 7.62 Å². The van der Waals surface area contributed by atoms with Gasteiger partial charge < -0.3 is 9.47 Å². The minimum atomic E-state index is 0.373. The minimum Gasteiger partial charge on any atom is -0.544 e.